The smallest absolute Gasteiger partial charge is 0.224 e. The second-order valence-corrected chi connectivity index (χ2v) is 6.70. The lowest BCUT2D eigenvalue weighted by Gasteiger charge is -2.39. The van der Waals surface area contributed by atoms with E-state index in [1.165, 1.54) is 6.92 Å². The molecular weight excluding hydrogens is 262 g/mol. The highest BCUT2D eigenvalue weighted by molar-refractivity contribution is 7.92. The normalized spacial score (nSPS) is 26.7. The zero-order valence-electron chi connectivity index (χ0n) is 10.4. The van der Waals surface area contributed by atoms with Crippen molar-refractivity contribution in [2.45, 2.75) is 23.1 Å². The van der Waals surface area contributed by atoms with Crippen molar-refractivity contribution in [3.05, 3.63) is 48.6 Å². The molecule has 1 aromatic carbocycles. The Bertz CT molecular complexity index is 703. The number of carbonyl (C=O) groups is 1. The van der Waals surface area contributed by atoms with Gasteiger partial charge in [-0.3, -0.25) is 4.79 Å². The predicted octanol–water partition coefficient (Wildman–Crippen LogP) is 1.69. The summed E-state index contributed by atoms with van der Waals surface area (Å²) in [4.78, 5) is 13.7. The van der Waals surface area contributed by atoms with Crippen LogP contribution in [0.4, 0.5) is 5.69 Å². The molecule has 0 aromatic heterocycles. The molecule has 2 atom stereocenters. The number of hydrogen-bond donors (Lipinski definition) is 0. The molecule has 0 saturated carbocycles. The van der Waals surface area contributed by atoms with Gasteiger partial charge in [0.2, 0.25) is 5.91 Å². The van der Waals surface area contributed by atoms with Gasteiger partial charge in [0.05, 0.1) is 16.6 Å². The average molecular weight is 275 g/mol. The molecular formula is C14H13NO3S. The highest BCUT2D eigenvalue weighted by atomic mass is 32.2. The van der Waals surface area contributed by atoms with Gasteiger partial charge in [0.15, 0.2) is 9.84 Å². The van der Waals surface area contributed by atoms with Crippen LogP contribution in [0.15, 0.2) is 53.5 Å². The molecule has 1 aromatic rings. The Morgan fingerprint density at radius 3 is 2.58 bits per heavy atom. The summed E-state index contributed by atoms with van der Waals surface area (Å²) in [7, 11) is -3.44. The molecule has 3 rings (SSSR count). The van der Waals surface area contributed by atoms with Gasteiger partial charge in [-0.1, -0.05) is 36.4 Å². The first-order chi connectivity index (χ1) is 9.03. The quantitative estimate of drug-likeness (QED) is 0.724. The van der Waals surface area contributed by atoms with E-state index in [1.54, 1.807) is 53.5 Å². The number of rotatable bonds is 0. The number of fused-ring (bicyclic) bond motifs is 2. The minimum Gasteiger partial charge on any atom is -0.303 e. The minimum absolute atomic E-state index is 0.155. The molecule has 0 unspecified atom stereocenters. The Labute approximate surface area is 112 Å². The molecule has 98 valence electrons. The molecule has 1 heterocycles. The van der Waals surface area contributed by atoms with E-state index in [0.29, 0.717) is 5.69 Å². The van der Waals surface area contributed by atoms with E-state index in [-0.39, 0.29) is 10.8 Å². The summed E-state index contributed by atoms with van der Waals surface area (Å²) in [5.74, 6) is -0.155. The van der Waals surface area contributed by atoms with Gasteiger partial charge in [-0.2, -0.15) is 0 Å². The molecule has 0 spiro atoms. The van der Waals surface area contributed by atoms with Crippen molar-refractivity contribution in [2.24, 2.45) is 0 Å². The largest absolute Gasteiger partial charge is 0.303 e. The zero-order chi connectivity index (χ0) is 13.6. The fraction of sp³-hybridized carbons (Fsp3) is 0.214. The molecule has 1 aliphatic heterocycles. The van der Waals surface area contributed by atoms with E-state index in [1.807, 2.05) is 0 Å². The van der Waals surface area contributed by atoms with Gasteiger partial charge in [-0.05, 0) is 12.1 Å². The third-order valence-corrected chi connectivity index (χ3v) is 5.59. The van der Waals surface area contributed by atoms with Crippen molar-refractivity contribution in [1.82, 2.24) is 0 Å². The highest BCUT2D eigenvalue weighted by Gasteiger charge is 2.44. The van der Waals surface area contributed by atoms with Crippen molar-refractivity contribution in [1.29, 1.82) is 0 Å². The van der Waals surface area contributed by atoms with Gasteiger partial charge in [0, 0.05) is 6.92 Å². The number of hydrogen-bond acceptors (Lipinski definition) is 3. The third kappa shape index (κ3) is 1.65. The number of sulfone groups is 1. The first kappa shape index (κ1) is 12.2. The maximum atomic E-state index is 12.6. The Balaban J connectivity index is 2.31. The first-order valence-electron chi connectivity index (χ1n) is 6.01. The van der Waals surface area contributed by atoms with E-state index in [2.05, 4.69) is 0 Å². The molecule has 0 bridgehead atoms. The fourth-order valence-corrected chi connectivity index (χ4v) is 4.58. The minimum atomic E-state index is -3.44. The standard InChI is InChI=1S/C14H13NO3S/c1-10(16)15-11-6-2-4-8-13(11)19(17,18)14-9-5-3-7-12(14)15/h2-9,11,13H,1H3/t11-,13+/m0/s1. The molecule has 4 nitrogen and oxygen atoms in total. The average Bonchev–Trinajstić information content (AvgIpc) is 2.39. The van der Waals surface area contributed by atoms with E-state index >= 15 is 0 Å². The van der Waals surface area contributed by atoms with Gasteiger partial charge in [-0.25, -0.2) is 8.42 Å². The molecule has 2 aliphatic rings. The lowest BCUT2D eigenvalue weighted by Crippen LogP contribution is -2.52. The Hall–Kier alpha value is -1.88. The van der Waals surface area contributed by atoms with Crippen LogP contribution in [-0.4, -0.2) is 25.6 Å². The van der Waals surface area contributed by atoms with Gasteiger partial charge >= 0.3 is 0 Å². The molecule has 19 heavy (non-hydrogen) atoms. The van der Waals surface area contributed by atoms with Gasteiger partial charge < -0.3 is 4.90 Å². The Morgan fingerprint density at radius 1 is 1.16 bits per heavy atom. The SMILES string of the molecule is CC(=O)N1c2ccccc2S(=O)(=O)[C@@H]2C=CC=C[C@@H]21. The summed E-state index contributed by atoms with van der Waals surface area (Å²) >= 11 is 0. The van der Waals surface area contributed by atoms with Crippen molar-refractivity contribution < 1.29 is 13.2 Å². The van der Waals surface area contributed by atoms with E-state index in [0.717, 1.165) is 0 Å². The summed E-state index contributed by atoms with van der Waals surface area (Å²) < 4.78 is 25.2. The fourth-order valence-electron chi connectivity index (χ4n) is 2.68. The van der Waals surface area contributed by atoms with Crippen molar-refractivity contribution in [2.75, 3.05) is 4.90 Å². The first-order valence-corrected chi connectivity index (χ1v) is 7.56. The molecule has 0 radical (unpaired) electrons. The second kappa shape index (κ2) is 4.06. The van der Waals surface area contributed by atoms with E-state index in [4.69, 9.17) is 0 Å². The summed E-state index contributed by atoms with van der Waals surface area (Å²) in [6, 6.07) is 6.20. The monoisotopic (exact) mass is 275 g/mol. The number of anilines is 1. The number of nitrogens with zero attached hydrogens (tertiary/aromatic N) is 1. The van der Waals surface area contributed by atoms with Crippen LogP contribution in [0.3, 0.4) is 0 Å². The number of benzene rings is 1. The predicted molar refractivity (Wildman–Crippen MR) is 72.6 cm³/mol. The molecule has 5 heteroatoms. The molecule has 1 amide bonds. The van der Waals surface area contributed by atoms with Crippen LogP contribution in [0, 0.1) is 0 Å². The molecule has 0 N–H and O–H groups in total. The molecule has 1 aliphatic carbocycles. The van der Waals surface area contributed by atoms with Crippen molar-refractivity contribution >= 4 is 21.4 Å². The van der Waals surface area contributed by atoms with Crippen LogP contribution < -0.4 is 4.90 Å². The lowest BCUT2D eigenvalue weighted by atomic mass is 10.0. The number of para-hydroxylation sites is 1. The number of carbonyl (C=O) groups excluding carboxylic acids is 1. The van der Waals surface area contributed by atoms with Crippen LogP contribution in [0.2, 0.25) is 0 Å². The Morgan fingerprint density at radius 2 is 1.84 bits per heavy atom. The molecule has 0 saturated heterocycles. The van der Waals surface area contributed by atoms with Gasteiger partial charge in [0.25, 0.3) is 0 Å². The van der Waals surface area contributed by atoms with Crippen LogP contribution in [0.5, 0.6) is 0 Å². The van der Waals surface area contributed by atoms with Crippen LogP contribution in [0.25, 0.3) is 0 Å². The summed E-state index contributed by atoms with van der Waals surface area (Å²) in [5.41, 5.74) is 0.469. The van der Waals surface area contributed by atoms with Gasteiger partial charge in [-0.15, -0.1) is 0 Å². The summed E-state index contributed by atoms with van der Waals surface area (Å²) in [5, 5.41) is -0.698. The third-order valence-electron chi connectivity index (χ3n) is 3.48. The summed E-state index contributed by atoms with van der Waals surface area (Å²) in [6.07, 6.45) is 6.90. The number of amides is 1. The maximum Gasteiger partial charge on any atom is 0.224 e. The van der Waals surface area contributed by atoms with Crippen LogP contribution in [-0.2, 0) is 14.6 Å². The maximum absolute atomic E-state index is 12.6. The lowest BCUT2D eigenvalue weighted by molar-refractivity contribution is -0.116. The zero-order valence-corrected chi connectivity index (χ0v) is 11.2. The second-order valence-electron chi connectivity index (χ2n) is 4.63. The van der Waals surface area contributed by atoms with Crippen molar-refractivity contribution in [3.63, 3.8) is 0 Å². The van der Waals surface area contributed by atoms with E-state index < -0.39 is 21.1 Å². The van der Waals surface area contributed by atoms with Gasteiger partial charge in [0.1, 0.15) is 5.25 Å². The molecule has 0 fully saturated rings. The topological polar surface area (TPSA) is 54.5 Å². The Kier molecular flexibility index (Phi) is 2.60. The van der Waals surface area contributed by atoms with Crippen LogP contribution >= 0.6 is 0 Å². The van der Waals surface area contributed by atoms with Crippen molar-refractivity contribution in [3.8, 4) is 0 Å². The van der Waals surface area contributed by atoms with E-state index in [9.17, 15) is 13.2 Å². The summed E-state index contributed by atoms with van der Waals surface area (Å²) in [6.45, 7) is 1.46. The van der Waals surface area contributed by atoms with Crippen LogP contribution in [0.1, 0.15) is 6.92 Å². The highest BCUT2D eigenvalue weighted by Crippen LogP contribution is 2.39. The number of allylic oxidation sites excluding steroid dienone is 2.